The number of aromatic nitrogens is 3. The highest BCUT2D eigenvalue weighted by Crippen LogP contribution is 2.32. The average Bonchev–Trinajstić information content (AvgIpc) is 2.72. The third-order valence-electron chi connectivity index (χ3n) is 4.10. The van der Waals surface area contributed by atoms with E-state index >= 15 is 0 Å². The van der Waals surface area contributed by atoms with Crippen LogP contribution in [0.25, 0.3) is 22.5 Å². The molecule has 1 unspecified atom stereocenters. The second-order valence-corrected chi connectivity index (χ2v) is 7.53. The van der Waals surface area contributed by atoms with Crippen LogP contribution in [-0.2, 0) is 4.79 Å². The van der Waals surface area contributed by atoms with E-state index in [0.717, 1.165) is 22.5 Å². The van der Waals surface area contributed by atoms with E-state index in [0.29, 0.717) is 5.16 Å². The van der Waals surface area contributed by atoms with Crippen LogP contribution in [0.5, 0.6) is 0 Å². The molecule has 1 aromatic heterocycles. The van der Waals surface area contributed by atoms with Gasteiger partial charge < -0.3 is 5.32 Å². The molecule has 1 N–H and O–H groups in total. The van der Waals surface area contributed by atoms with Gasteiger partial charge in [-0.25, -0.2) is 4.98 Å². The number of nitrogens with zero attached hydrogens (tertiary/aromatic N) is 3. The highest BCUT2D eigenvalue weighted by atomic mass is 32.2. The van der Waals surface area contributed by atoms with Crippen LogP contribution in [0.2, 0.25) is 0 Å². The van der Waals surface area contributed by atoms with E-state index in [1.54, 1.807) is 7.05 Å². The van der Waals surface area contributed by atoms with E-state index in [2.05, 4.69) is 15.5 Å². The summed E-state index contributed by atoms with van der Waals surface area (Å²) in [4.78, 5) is 17.0. The molecule has 0 aliphatic carbocycles. The number of carbonyl (C=O) groups excluding carboxylic acids is 1. The molecule has 1 heterocycles. The standard InChI is InChI=1S/C21H22N4OS/c1-14(2)19(20(26)22-3)27-21-23-17(15-10-6-4-7-11-15)18(24-25-21)16-12-8-5-9-13-16/h4-14,19H,1-3H3,(H,22,26). The van der Waals surface area contributed by atoms with Crippen LogP contribution < -0.4 is 5.32 Å². The molecule has 0 saturated heterocycles. The van der Waals surface area contributed by atoms with Crippen molar-refractivity contribution in [1.82, 2.24) is 20.5 Å². The fraction of sp³-hybridized carbons (Fsp3) is 0.238. The van der Waals surface area contributed by atoms with E-state index in [9.17, 15) is 4.79 Å². The molecule has 2 aromatic carbocycles. The van der Waals surface area contributed by atoms with Gasteiger partial charge in [0, 0.05) is 18.2 Å². The Labute approximate surface area is 163 Å². The maximum absolute atomic E-state index is 12.2. The lowest BCUT2D eigenvalue weighted by molar-refractivity contribution is -0.120. The smallest absolute Gasteiger partial charge is 0.233 e. The molecule has 6 heteroatoms. The predicted molar refractivity (Wildman–Crippen MR) is 109 cm³/mol. The topological polar surface area (TPSA) is 67.8 Å². The summed E-state index contributed by atoms with van der Waals surface area (Å²) in [5, 5.41) is 11.7. The number of carbonyl (C=O) groups is 1. The number of thioether (sulfide) groups is 1. The molecule has 0 aliphatic heterocycles. The minimum absolute atomic E-state index is 0.0352. The van der Waals surface area contributed by atoms with Gasteiger partial charge in [0.15, 0.2) is 0 Å². The number of nitrogens with one attached hydrogen (secondary N) is 1. The van der Waals surface area contributed by atoms with Crippen LogP contribution in [0.4, 0.5) is 0 Å². The fourth-order valence-electron chi connectivity index (χ4n) is 2.70. The van der Waals surface area contributed by atoms with Crippen LogP contribution in [0.15, 0.2) is 65.8 Å². The van der Waals surface area contributed by atoms with Gasteiger partial charge in [0.2, 0.25) is 11.1 Å². The minimum Gasteiger partial charge on any atom is -0.358 e. The Bertz CT molecular complexity index is 901. The maximum atomic E-state index is 12.2. The van der Waals surface area contributed by atoms with Crippen LogP contribution in [-0.4, -0.2) is 33.4 Å². The summed E-state index contributed by atoms with van der Waals surface area (Å²) < 4.78 is 0. The Balaban J connectivity index is 2.05. The van der Waals surface area contributed by atoms with Crippen molar-refractivity contribution in [3.8, 4) is 22.5 Å². The lowest BCUT2D eigenvalue weighted by Gasteiger charge is -2.18. The zero-order valence-electron chi connectivity index (χ0n) is 15.6. The van der Waals surface area contributed by atoms with Crippen molar-refractivity contribution in [3.63, 3.8) is 0 Å². The maximum Gasteiger partial charge on any atom is 0.233 e. The molecule has 3 aromatic rings. The van der Waals surface area contributed by atoms with E-state index in [-0.39, 0.29) is 17.1 Å². The first-order valence-corrected chi connectivity index (χ1v) is 9.72. The van der Waals surface area contributed by atoms with Gasteiger partial charge in [-0.3, -0.25) is 4.79 Å². The number of hydrogen-bond acceptors (Lipinski definition) is 5. The summed E-state index contributed by atoms with van der Waals surface area (Å²) >= 11 is 1.35. The van der Waals surface area contributed by atoms with E-state index in [1.807, 2.05) is 74.5 Å². The van der Waals surface area contributed by atoms with Gasteiger partial charge in [0.25, 0.3) is 0 Å². The Morgan fingerprint density at radius 1 is 0.889 bits per heavy atom. The highest BCUT2D eigenvalue weighted by molar-refractivity contribution is 8.00. The monoisotopic (exact) mass is 378 g/mol. The van der Waals surface area contributed by atoms with Gasteiger partial charge in [-0.2, -0.15) is 0 Å². The second-order valence-electron chi connectivity index (χ2n) is 6.42. The van der Waals surface area contributed by atoms with Gasteiger partial charge in [-0.05, 0) is 5.92 Å². The van der Waals surface area contributed by atoms with Gasteiger partial charge >= 0.3 is 0 Å². The quantitative estimate of drug-likeness (QED) is 0.655. The van der Waals surface area contributed by atoms with Crippen molar-refractivity contribution in [1.29, 1.82) is 0 Å². The van der Waals surface area contributed by atoms with Gasteiger partial charge in [0.1, 0.15) is 11.4 Å². The molecule has 0 saturated carbocycles. The molecule has 0 spiro atoms. The van der Waals surface area contributed by atoms with Crippen molar-refractivity contribution in [3.05, 3.63) is 60.7 Å². The lowest BCUT2D eigenvalue weighted by atomic mass is 10.0. The molecule has 0 radical (unpaired) electrons. The summed E-state index contributed by atoms with van der Waals surface area (Å²) in [7, 11) is 1.64. The minimum atomic E-state index is -0.275. The zero-order chi connectivity index (χ0) is 19.2. The first-order valence-electron chi connectivity index (χ1n) is 8.84. The molecule has 0 aliphatic rings. The second kappa shape index (κ2) is 8.77. The van der Waals surface area contributed by atoms with E-state index in [4.69, 9.17) is 4.98 Å². The molecular formula is C21H22N4OS. The van der Waals surface area contributed by atoms with Crippen molar-refractivity contribution >= 4 is 17.7 Å². The summed E-state index contributed by atoms with van der Waals surface area (Å²) in [5.41, 5.74) is 3.42. The zero-order valence-corrected chi connectivity index (χ0v) is 16.4. The molecule has 138 valence electrons. The summed E-state index contributed by atoms with van der Waals surface area (Å²) in [5.74, 6) is 0.111. The van der Waals surface area contributed by atoms with Gasteiger partial charge in [-0.15, -0.1) is 10.2 Å². The van der Waals surface area contributed by atoms with Crippen LogP contribution in [0.1, 0.15) is 13.8 Å². The summed E-state index contributed by atoms with van der Waals surface area (Å²) in [6, 6.07) is 19.8. The van der Waals surface area contributed by atoms with Crippen LogP contribution >= 0.6 is 11.8 Å². The first kappa shape index (κ1) is 19.0. The van der Waals surface area contributed by atoms with Crippen molar-refractivity contribution in [2.24, 2.45) is 5.92 Å². The molecule has 5 nitrogen and oxygen atoms in total. The molecule has 0 fully saturated rings. The lowest BCUT2D eigenvalue weighted by Crippen LogP contribution is -2.33. The largest absolute Gasteiger partial charge is 0.358 e. The predicted octanol–water partition coefficient (Wildman–Crippen LogP) is 4.07. The molecule has 3 rings (SSSR count). The summed E-state index contributed by atoms with van der Waals surface area (Å²) in [6.45, 7) is 4.02. The third kappa shape index (κ3) is 4.52. The third-order valence-corrected chi connectivity index (χ3v) is 5.50. The molecule has 1 atom stereocenters. The highest BCUT2D eigenvalue weighted by Gasteiger charge is 2.25. The summed E-state index contributed by atoms with van der Waals surface area (Å²) in [6.07, 6.45) is 0. The first-order chi connectivity index (χ1) is 13.1. The Morgan fingerprint density at radius 3 is 1.96 bits per heavy atom. The van der Waals surface area contributed by atoms with Gasteiger partial charge in [-0.1, -0.05) is 86.3 Å². The van der Waals surface area contributed by atoms with E-state index in [1.165, 1.54) is 11.8 Å². The Kier molecular flexibility index (Phi) is 6.19. The number of rotatable bonds is 6. The van der Waals surface area contributed by atoms with E-state index < -0.39 is 0 Å². The Morgan fingerprint density at radius 2 is 1.44 bits per heavy atom. The number of benzene rings is 2. The normalized spacial score (nSPS) is 12.0. The average molecular weight is 379 g/mol. The number of hydrogen-bond donors (Lipinski definition) is 1. The van der Waals surface area contributed by atoms with Crippen molar-refractivity contribution < 1.29 is 4.79 Å². The van der Waals surface area contributed by atoms with Crippen molar-refractivity contribution in [2.45, 2.75) is 24.3 Å². The molecule has 27 heavy (non-hydrogen) atoms. The van der Waals surface area contributed by atoms with Crippen molar-refractivity contribution in [2.75, 3.05) is 7.05 Å². The molecule has 0 bridgehead atoms. The molecule has 1 amide bonds. The van der Waals surface area contributed by atoms with Crippen LogP contribution in [0, 0.1) is 5.92 Å². The Hall–Kier alpha value is -2.73. The number of amides is 1. The fourth-order valence-corrected chi connectivity index (χ4v) is 3.65. The molecular weight excluding hydrogens is 356 g/mol. The SMILES string of the molecule is CNC(=O)C(Sc1nnc(-c2ccccc2)c(-c2ccccc2)n1)C(C)C. The van der Waals surface area contributed by atoms with Crippen LogP contribution in [0.3, 0.4) is 0 Å². The van der Waals surface area contributed by atoms with Gasteiger partial charge in [0.05, 0.1) is 5.25 Å².